The Morgan fingerprint density at radius 3 is 2.75 bits per heavy atom. The number of hydrogen-bond donors (Lipinski definition) is 1. The van der Waals surface area contributed by atoms with Gasteiger partial charge in [-0.15, -0.1) is 0 Å². The van der Waals surface area contributed by atoms with Gasteiger partial charge in [-0.1, -0.05) is 43.2 Å². The number of methoxy groups -OCH3 is 1. The molecule has 1 aliphatic carbocycles. The van der Waals surface area contributed by atoms with Crippen LogP contribution in [0.25, 0.3) is 10.8 Å². The smallest absolute Gasteiger partial charge is 0.123 e. The molecule has 0 aliphatic heterocycles. The summed E-state index contributed by atoms with van der Waals surface area (Å²) >= 11 is 0. The van der Waals surface area contributed by atoms with Gasteiger partial charge < -0.3 is 10.1 Å². The predicted octanol–water partition coefficient (Wildman–Crippen LogP) is 4.13. The summed E-state index contributed by atoms with van der Waals surface area (Å²) in [6, 6.07) is 13.3. The Hall–Kier alpha value is -1.54. The Bertz CT molecular complexity index is 589. The molecule has 2 aromatic rings. The summed E-state index contributed by atoms with van der Waals surface area (Å²) in [4.78, 5) is 0. The standard InChI is InChI=1S/C18H23NO/c1-13(11-14-7-8-14)19-12-17-16-6-4-3-5-15(16)9-10-18(17)20-2/h3-6,9-10,13-14,19H,7-8,11-12H2,1-2H3. The molecule has 1 saturated carbocycles. The summed E-state index contributed by atoms with van der Waals surface area (Å²) < 4.78 is 5.54. The Balaban J connectivity index is 1.80. The second kappa shape index (κ2) is 5.84. The van der Waals surface area contributed by atoms with Gasteiger partial charge in [0.25, 0.3) is 0 Å². The van der Waals surface area contributed by atoms with Crippen LogP contribution in [0.5, 0.6) is 5.75 Å². The number of benzene rings is 2. The van der Waals surface area contributed by atoms with E-state index in [-0.39, 0.29) is 0 Å². The minimum Gasteiger partial charge on any atom is -0.496 e. The molecule has 0 spiro atoms. The van der Waals surface area contributed by atoms with E-state index in [0.717, 1.165) is 18.2 Å². The maximum atomic E-state index is 5.54. The molecular weight excluding hydrogens is 246 g/mol. The first-order valence-corrected chi connectivity index (χ1v) is 7.56. The van der Waals surface area contributed by atoms with Crippen LogP contribution in [0.1, 0.15) is 31.7 Å². The van der Waals surface area contributed by atoms with Crippen molar-refractivity contribution in [3.05, 3.63) is 42.0 Å². The highest BCUT2D eigenvalue weighted by atomic mass is 16.5. The summed E-state index contributed by atoms with van der Waals surface area (Å²) in [6.07, 6.45) is 4.14. The van der Waals surface area contributed by atoms with Crippen molar-refractivity contribution < 1.29 is 4.74 Å². The quantitative estimate of drug-likeness (QED) is 0.851. The molecule has 0 bridgehead atoms. The molecule has 0 heterocycles. The summed E-state index contributed by atoms with van der Waals surface area (Å²) in [5.41, 5.74) is 1.27. The molecule has 1 atom stereocenters. The lowest BCUT2D eigenvalue weighted by atomic mass is 10.0. The van der Waals surface area contributed by atoms with Crippen LogP contribution < -0.4 is 10.1 Å². The molecule has 20 heavy (non-hydrogen) atoms. The molecule has 0 radical (unpaired) electrons. The fourth-order valence-electron chi connectivity index (χ4n) is 2.90. The minimum atomic E-state index is 0.575. The van der Waals surface area contributed by atoms with E-state index in [9.17, 15) is 0 Å². The Kier molecular flexibility index (Phi) is 3.93. The van der Waals surface area contributed by atoms with Crippen LogP contribution in [0, 0.1) is 5.92 Å². The van der Waals surface area contributed by atoms with Crippen molar-refractivity contribution in [2.24, 2.45) is 5.92 Å². The third kappa shape index (κ3) is 2.96. The molecular formula is C18H23NO. The molecule has 1 N–H and O–H groups in total. The Labute approximate surface area is 121 Å². The topological polar surface area (TPSA) is 21.3 Å². The van der Waals surface area contributed by atoms with Crippen molar-refractivity contribution in [2.75, 3.05) is 7.11 Å². The molecule has 0 amide bonds. The van der Waals surface area contributed by atoms with E-state index in [1.54, 1.807) is 7.11 Å². The zero-order valence-electron chi connectivity index (χ0n) is 12.4. The monoisotopic (exact) mass is 269 g/mol. The average Bonchev–Trinajstić information content (AvgIpc) is 3.28. The van der Waals surface area contributed by atoms with Gasteiger partial charge in [-0.05, 0) is 36.1 Å². The van der Waals surface area contributed by atoms with Crippen LogP contribution in [0.4, 0.5) is 0 Å². The second-order valence-electron chi connectivity index (χ2n) is 5.93. The van der Waals surface area contributed by atoms with Crippen molar-refractivity contribution >= 4 is 10.8 Å². The lowest BCUT2D eigenvalue weighted by Crippen LogP contribution is -2.26. The number of ether oxygens (including phenoxy) is 1. The highest BCUT2D eigenvalue weighted by molar-refractivity contribution is 5.87. The van der Waals surface area contributed by atoms with Crippen molar-refractivity contribution in [3.63, 3.8) is 0 Å². The third-order valence-electron chi connectivity index (χ3n) is 4.23. The van der Waals surface area contributed by atoms with Crippen LogP contribution in [-0.2, 0) is 6.54 Å². The lowest BCUT2D eigenvalue weighted by Gasteiger charge is -2.17. The van der Waals surface area contributed by atoms with Crippen LogP contribution in [-0.4, -0.2) is 13.2 Å². The number of hydrogen-bond acceptors (Lipinski definition) is 2. The summed E-state index contributed by atoms with van der Waals surface area (Å²) in [6.45, 7) is 3.16. The highest BCUT2D eigenvalue weighted by Crippen LogP contribution is 2.34. The summed E-state index contributed by atoms with van der Waals surface area (Å²) in [5, 5.41) is 6.22. The normalized spacial score (nSPS) is 16.3. The van der Waals surface area contributed by atoms with Gasteiger partial charge in [0.1, 0.15) is 5.75 Å². The molecule has 106 valence electrons. The largest absolute Gasteiger partial charge is 0.496 e. The van der Waals surface area contributed by atoms with Crippen LogP contribution >= 0.6 is 0 Å². The molecule has 1 aliphatic rings. The SMILES string of the molecule is COc1ccc2ccccc2c1CNC(C)CC1CC1. The van der Waals surface area contributed by atoms with E-state index in [1.165, 1.54) is 35.6 Å². The number of rotatable bonds is 6. The fourth-order valence-corrected chi connectivity index (χ4v) is 2.90. The maximum Gasteiger partial charge on any atom is 0.123 e. The molecule has 2 heteroatoms. The molecule has 3 rings (SSSR count). The van der Waals surface area contributed by atoms with Crippen molar-refractivity contribution in [3.8, 4) is 5.75 Å². The van der Waals surface area contributed by atoms with Gasteiger partial charge in [0.05, 0.1) is 7.11 Å². The third-order valence-corrected chi connectivity index (χ3v) is 4.23. The van der Waals surface area contributed by atoms with Gasteiger partial charge in [-0.3, -0.25) is 0 Å². The molecule has 2 aromatic carbocycles. The lowest BCUT2D eigenvalue weighted by molar-refractivity contribution is 0.405. The predicted molar refractivity (Wildman–Crippen MR) is 84.1 cm³/mol. The first-order chi connectivity index (χ1) is 9.78. The Morgan fingerprint density at radius 1 is 1.20 bits per heavy atom. The van der Waals surface area contributed by atoms with Crippen molar-refractivity contribution in [2.45, 2.75) is 38.8 Å². The van der Waals surface area contributed by atoms with Gasteiger partial charge in [0.2, 0.25) is 0 Å². The molecule has 2 nitrogen and oxygen atoms in total. The zero-order chi connectivity index (χ0) is 13.9. The van der Waals surface area contributed by atoms with Crippen LogP contribution in [0.15, 0.2) is 36.4 Å². The van der Waals surface area contributed by atoms with Gasteiger partial charge >= 0.3 is 0 Å². The minimum absolute atomic E-state index is 0.575. The maximum absolute atomic E-state index is 5.54. The molecule has 0 saturated heterocycles. The van der Waals surface area contributed by atoms with Gasteiger partial charge in [0, 0.05) is 18.2 Å². The van der Waals surface area contributed by atoms with E-state index >= 15 is 0 Å². The van der Waals surface area contributed by atoms with E-state index in [2.05, 4.69) is 48.6 Å². The number of nitrogens with one attached hydrogen (secondary N) is 1. The van der Waals surface area contributed by atoms with Gasteiger partial charge in [-0.2, -0.15) is 0 Å². The highest BCUT2D eigenvalue weighted by Gasteiger charge is 2.23. The van der Waals surface area contributed by atoms with E-state index in [0.29, 0.717) is 6.04 Å². The molecule has 1 unspecified atom stereocenters. The molecule has 0 aromatic heterocycles. The van der Waals surface area contributed by atoms with Gasteiger partial charge in [-0.25, -0.2) is 0 Å². The fraction of sp³-hybridized carbons (Fsp3) is 0.444. The van der Waals surface area contributed by atoms with Crippen molar-refractivity contribution in [1.82, 2.24) is 5.32 Å². The Morgan fingerprint density at radius 2 is 2.00 bits per heavy atom. The van der Waals surface area contributed by atoms with E-state index in [1.807, 2.05) is 0 Å². The first kappa shape index (κ1) is 13.4. The molecule has 1 fully saturated rings. The van der Waals surface area contributed by atoms with Crippen molar-refractivity contribution in [1.29, 1.82) is 0 Å². The number of fused-ring (bicyclic) bond motifs is 1. The van der Waals surface area contributed by atoms with Gasteiger partial charge in [0.15, 0.2) is 0 Å². The van der Waals surface area contributed by atoms with Crippen LogP contribution in [0.3, 0.4) is 0 Å². The summed E-state index contributed by atoms with van der Waals surface area (Å²) in [5.74, 6) is 1.95. The zero-order valence-corrected chi connectivity index (χ0v) is 12.4. The average molecular weight is 269 g/mol. The summed E-state index contributed by atoms with van der Waals surface area (Å²) in [7, 11) is 1.75. The van der Waals surface area contributed by atoms with E-state index < -0.39 is 0 Å². The second-order valence-corrected chi connectivity index (χ2v) is 5.93. The van der Waals surface area contributed by atoms with E-state index in [4.69, 9.17) is 4.74 Å². The van der Waals surface area contributed by atoms with Crippen LogP contribution in [0.2, 0.25) is 0 Å². The first-order valence-electron chi connectivity index (χ1n) is 7.56.